The summed E-state index contributed by atoms with van der Waals surface area (Å²) in [5, 5.41) is 12.7. The number of nitrogens with one attached hydrogen (secondary N) is 1. The van der Waals surface area contributed by atoms with Crippen LogP contribution in [0.5, 0.6) is 5.75 Å². The smallest absolute Gasteiger partial charge is 0.266 e. The summed E-state index contributed by atoms with van der Waals surface area (Å²) in [4.78, 5) is 27.1. The van der Waals surface area contributed by atoms with Crippen LogP contribution in [0.2, 0.25) is 5.02 Å². The fraction of sp³-hybridized carbons (Fsp3) is 0.190. The van der Waals surface area contributed by atoms with E-state index in [2.05, 4.69) is 5.32 Å². The first-order valence-electron chi connectivity index (χ1n) is 8.94. The maximum atomic E-state index is 12.8. The monoisotopic (exact) mass is 446 g/mol. The zero-order valence-corrected chi connectivity index (χ0v) is 18.0. The Bertz CT molecular complexity index is 976. The zero-order valence-electron chi connectivity index (χ0n) is 15.6. The molecule has 1 atom stereocenters. The number of benzene rings is 2. The number of thiocarbonyl (C=S) groups is 1. The van der Waals surface area contributed by atoms with Gasteiger partial charge in [-0.05, 0) is 48.7 Å². The molecule has 0 spiro atoms. The summed E-state index contributed by atoms with van der Waals surface area (Å²) < 4.78 is 0.342. The van der Waals surface area contributed by atoms with E-state index in [1.54, 1.807) is 43.3 Å². The second kappa shape index (κ2) is 9.43. The predicted molar refractivity (Wildman–Crippen MR) is 121 cm³/mol. The summed E-state index contributed by atoms with van der Waals surface area (Å²) in [7, 11) is 0. The number of carbonyl (C=O) groups excluding carboxylic acids is 2. The van der Waals surface area contributed by atoms with Crippen molar-refractivity contribution in [2.45, 2.75) is 19.4 Å². The lowest BCUT2D eigenvalue weighted by Gasteiger charge is -2.22. The van der Waals surface area contributed by atoms with Gasteiger partial charge in [-0.1, -0.05) is 65.9 Å². The second-order valence-electron chi connectivity index (χ2n) is 6.46. The van der Waals surface area contributed by atoms with Crippen molar-refractivity contribution < 1.29 is 14.7 Å². The summed E-state index contributed by atoms with van der Waals surface area (Å²) in [6, 6.07) is 13.3. The third-order valence-electron chi connectivity index (χ3n) is 4.43. The Morgan fingerprint density at radius 2 is 1.97 bits per heavy atom. The molecule has 0 bridgehead atoms. The minimum absolute atomic E-state index is 0.200. The molecule has 2 aromatic rings. The van der Waals surface area contributed by atoms with E-state index >= 15 is 0 Å². The van der Waals surface area contributed by atoms with Crippen molar-refractivity contribution >= 4 is 57.8 Å². The van der Waals surface area contributed by atoms with Crippen LogP contribution in [0.25, 0.3) is 6.08 Å². The number of rotatable bonds is 6. The van der Waals surface area contributed by atoms with E-state index in [0.29, 0.717) is 27.2 Å². The van der Waals surface area contributed by atoms with Gasteiger partial charge in [0.15, 0.2) is 0 Å². The number of phenolic OH excluding ortho intramolecular Hbond substituents is 1. The first-order chi connectivity index (χ1) is 13.9. The molecule has 1 fully saturated rings. The van der Waals surface area contributed by atoms with Gasteiger partial charge >= 0.3 is 0 Å². The molecule has 5 nitrogen and oxygen atoms in total. The summed E-state index contributed by atoms with van der Waals surface area (Å²) in [6.07, 6.45) is 2.31. The summed E-state index contributed by atoms with van der Waals surface area (Å²) in [5.74, 6) is -0.384. The third-order valence-corrected chi connectivity index (χ3v) is 6.11. The maximum absolute atomic E-state index is 12.8. The number of nitrogens with zero attached hydrogens (tertiary/aromatic N) is 1. The molecule has 2 aromatic carbocycles. The third kappa shape index (κ3) is 5.18. The van der Waals surface area contributed by atoms with Gasteiger partial charge in [0.05, 0.1) is 4.91 Å². The molecule has 0 aliphatic carbocycles. The van der Waals surface area contributed by atoms with Crippen LogP contribution in [-0.4, -0.2) is 38.7 Å². The number of aromatic hydroxyl groups is 1. The van der Waals surface area contributed by atoms with Gasteiger partial charge in [-0.2, -0.15) is 0 Å². The number of phenols is 1. The number of thioether (sulfide) groups is 1. The highest BCUT2D eigenvalue weighted by atomic mass is 35.5. The number of hydrogen-bond acceptors (Lipinski definition) is 5. The first-order valence-corrected chi connectivity index (χ1v) is 10.5. The van der Waals surface area contributed by atoms with E-state index in [1.165, 1.54) is 4.90 Å². The van der Waals surface area contributed by atoms with E-state index in [9.17, 15) is 14.7 Å². The van der Waals surface area contributed by atoms with Crippen LogP contribution in [0.15, 0.2) is 53.4 Å². The van der Waals surface area contributed by atoms with Gasteiger partial charge < -0.3 is 10.4 Å². The van der Waals surface area contributed by atoms with Crippen LogP contribution in [0.4, 0.5) is 0 Å². The summed E-state index contributed by atoms with van der Waals surface area (Å²) in [6.45, 7) is 2.07. The molecule has 2 amide bonds. The van der Waals surface area contributed by atoms with Crippen LogP contribution >= 0.6 is 35.6 Å². The highest BCUT2D eigenvalue weighted by molar-refractivity contribution is 8.26. The molecule has 1 heterocycles. The summed E-state index contributed by atoms with van der Waals surface area (Å²) in [5.41, 5.74) is 1.71. The number of amides is 2. The molecular weight excluding hydrogens is 428 g/mol. The van der Waals surface area contributed by atoms with E-state index in [1.807, 2.05) is 18.2 Å². The number of carbonyl (C=O) groups is 2. The highest BCUT2D eigenvalue weighted by Gasteiger charge is 2.38. The Morgan fingerprint density at radius 1 is 1.28 bits per heavy atom. The lowest BCUT2D eigenvalue weighted by Crippen LogP contribution is -2.47. The molecule has 1 aliphatic heterocycles. The fourth-order valence-electron chi connectivity index (χ4n) is 2.80. The Kier molecular flexibility index (Phi) is 6.95. The maximum Gasteiger partial charge on any atom is 0.266 e. The minimum Gasteiger partial charge on any atom is -0.508 e. The lowest BCUT2D eigenvalue weighted by molar-refractivity contribution is -0.132. The molecule has 3 rings (SSSR count). The van der Waals surface area contributed by atoms with Crippen molar-refractivity contribution in [1.29, 1.82) is 0 Å². The Labute approximate surface area is 183 Å². The average Bonchev–Trinajstić information content (AvgIpc) is 2.97. The van der Waals surface area contributed by atoms with Crippen molar-refractivity contribution in [3.63, 3.8) is 0 Å². The second-order valence-corrected chi connectivity index (χ2v) is 8.54. The Hall–Kier alpha value is -2.35. The predicted octanol–water partition coefficient (Wildman–Crippen LogP) is 3.99. The summed E-state index contributed by atoms with van der Waals surface area (Å²) >= 11 is 12.7. The van der Waals surface area contributed by atoms with Gasteiger partial charge in [-0.15, -0.1) is 0 Å². The fourth-order valence-corrected chi connectivity index (χ4v) is 4.40. The normalized spacial score (nSPS) is 16.3. The van der Waals surface area contributed by atoms with Crippen molar-refractivity contribution in [3.8, 4) is 5.75 Å². The van der Waals surface area contributed by atoms with E-state index in [-0.39, 0.29) is 17.6 Å². The van der Waals surface area contributed by atoms with Crippen molar-refractivity contribution in [2.24, 2.45) is 0 Å². The Balaban J connectivity index is 1.62. The number of hydrogen-bond donors (Lipinski definition) is 2. The number of halogens is 1. The SMILES string of the molecule is C[C@@H](C(=O)NCCc1ccc(O)cc1)N1C(=O)/C(=C/c2ccccc2Cl)SC1=S. The lowest BCUT2D eigenvalue weighted by atomic mass is 10.1. The van der Waals surface area contributed by atoms with Crippen LogP contribution in [0.3, 0.4) is 0 Å². The molecule has 1 aliphatic rings. The molecule has 1 saturated heterocycles. The Morgan fingerprint density at radius 3 is 2.66 bits per heavy atom. The van der Waals surface area contributed by atoms with Crippen LogP contribution in [0.1, 0.15) is 18.1 Å². The van der Waals surface area contributed by atoms with Crippen molar-refractivity contribution in [2.75, 3.05) is 6.54 Å². The van der Waals surface area contributed by atoms with Gasteiger partial charge in [0.2, 0.25) is 5.91 Å². The highest BCUT2D eigenvalue weighted by Crippen LogP contribution is 2.35. The van der Waals surface area contributed by atoms with Gasteiger partial charge in [-0.3, -0.25) is 14.5 Å². The van der Waals surface area contributed by atoms with E-state index in [4.69, 9.17) is 23.8 Å². The van der Waals surface area contributed by atoms with Crippen LogP contribution < -0.4 is 5.32 Å². The van der Waals surface area contributed by atoms with Crippen LogP contribution in [-0.2, 0) is 16.0 Å². The average molecular weight is 447 g/mol. The molecule has 8 heteroatoms. The van der Waals surface area contributed by atoms with E-state index in [0.717, 1.165) is 22.9 Å². The van der Waals surface area contributed by atoms with Gasteiger partial charge in [0, 0.05) is 11.6 Å². The first kappa shape index (κ1) is 21.4. The van der Waals surface area contributed by atoms with Gasteiger partial charge in [0.1, 0.15) is 16.1 Å². The molecule has 2 N–H and O–H groups in total. The van der Waals surface area contributed by atoms with E-state index < -0.39 is 6.04 Å². The van der Waals surface area contributed by atoms with Gasteiger partial charge in [-0.25, -0.2) is 0 Å². The minimum atomic E-state index is -0.723. The van der Waals surface area contributed by atoms with Crippen LogP contribution in [0, 0.1) is 0 Å². The van der Waals surface area contributed by atoms with Gasteiger partial charge in [0.25, 0.3) is 5.91 Å². The molecule has 0 saturated carbocycles. The molecular formula is C21H19ClN2O3S2. The molecule has 29 heavy (non-hydrogen) atoms. The standard InChI is InChI=1S/C21H19ClN2O3S2/c1-13(19(26)23-11-10-14-6-8-16(25)9-7-14)24-20(27)18(29-21(24)28)12-15-4-2-3-5-17(15)22/h2-9,12-13,25H,10-11H2,1H3,(H,23,26)/b18-12-/t13-/m0/s1. The van der Waals surface area contributed by atoms with Crippen molar-refractivity contribution in [1.82, 2.24) is 10.2 Å². The quantitative estimate of drug-likeness (QED) is 0.518. The zero-order chi connectivity index (χ0) is 21.0. The topological polar surface area (TPSA) is 69.6 Å². The molecule has 0 unspecified atom stereocenters. The van der Waals surface area contributed by atoms with Crippen molar-refractivity contribution in [3.05, 3.63) is 69.6 Å². The molecule has 0 aromatic heterocycles. The molecule has 150 valence electrons. The largest absolute Gasteiger partial charge is 0.508 e. The molecule has 0 radical (unpaired) electrons.